The quantitative estimate of drug-likeness (QED) is 0.0734. The number of aliphatic imine (C=N–C) groups is 1. The van der Waals surface area contributed by atoms with Crippen LogP contribution in [-0.2, 0) is 6.18 Å². The van der Waals surface area contributed by atoms with E-state index in [1.54, 1.807) is 18.0 Å². The van der Waals surface area contributed by atoms with E-state index in [-0.39, 0.29) is 11.7 Å². The normalized spacial score (nSPS) is 15.0. The number of anilines is 1. The molecule has 0 aromatic carbocycles. The molecule has 37 heavy (non-hydrogen) atoms. The molecule has 0 fully saturated rings. The molecule has 0 saturated carbocycles. The number of nitrogens with one attached hydrogen (secondary N) is 1. The highest BCUT2D eigenvalue weighted by molar-refractivity contribution is 7.99. The predicted molar refractivity (Wildman–Crippen MR) is 150 cm³/mol. The summed E-state index contributed by atoms with van der Waals surface area (Å²) < 4.78 is 38.3. The second kappa shape index (κ2) is 17.1. The summed E-state index contributed by atoms with van der Waals surface area (Å²) in [6, 6.07) is 1.70. The van der Waals surface area contributed by atoms with Crippen molar-refractivity contribution in [3.8, 4) is 6.19 Å². The maximum Gasteiger partial charge on any atom is 0.417 e. The summed E-state index contributed by atoms with van der Waals surface area (Å²) >= 11 is 1.67. The van der Waals surface area contributed by atoms with Crippen LogP contribution in [0.25, 0.3) is 0 Å². The van der Waals surface area contributed by atoms with Gasteiger partial charge in [-0.25, -0.2) is 4.98 Å². The van der Waals surface area contributed by atoms with Gasteiger partial charge < -0.3 is 11.1 Å². The van der Waals surface area contributed by atoms with Gasteiger partial charge in [-0.3, -0.25) is 0 Å². The van der Waals surface area contributed by atoms with Gasteiger partial charge in [-0.1, -0.05) is 37.1 Å². The van der Waals surface area contributed by atoms with Crippen LogP contribution < -0.4 is 11.1 Å². The Kier molecular flexibility index (Phi) is 15.1. The largest absolute Gasteiger partial charge is 0.417 e. The smallest absolute Gasteiger partial charge is 0.385 e. The lowest BCUT2D eigenvalue weighted by atomic mass is 9.95. The van der Waals surface area contributed by atoms with E-state index in [1.165, 1.54) is 23.6 Å². The van der Waals surface area contributed by atoms with Gasteiger partial charge in [0.05, 0.1) is 11.6 Å². The highest BCUT2D eigenvalue weighted by atomic mass is 32.2. The summed E-state index contributed by atoms with van der Waals surface area (Å²) in [6.07, 6.45) is 9.43. The number of pyridine rings is 1. The molecule has 3 unspecified atom stereocenters. The zero-order chi connectivity index (χ0) is 27.8. The van der Waals surface area contributed by atoms with Crippen LogP contribution in [0.2, 0.25) is 0 Å². The molecule has 0 amide bonds. The van der Waals surface area contributed by atoms with Gasteiger partial charge in [0.15, 0.2) is 0 Å². The highest BCUT2D eigenvalue weighted by Gasteiger charge is 2.30. The molecular formula is C28H42F3N5S. The first-order chi connectivity index (χ1) is 17.4. The average Bonchev–Trinajstić information content (AvgIpc) is 2.80. The number of hydrogen-bond acceptors (Lipinski definition) is 5. The molecule has 0 bridgehead atoms. The number of nitrogens with two attached hydrogens (primary N) is 1. The standard InChI is InChI=1S/C28H42F3N5S/c1-20(2)8-6-10-22(4)16-23(5)11-7-9-21(3)14-15-37-18-25(27(33)35-19-32)36-26-13-12-24(17-34-26)28(29,30)31/h8,11-13,17,21-22,25H,6-7,9-10,14-16,18H2,1-5H3,(H2,33,35)(H,34,36)/b23-11+. The van der Waals surface area contributed by atoms with Crippen LogP contribution >= 0.6 is 11.8 Å². The molecule has 3 atom stereocenters. The third kappa shape index (κ3) is 14.8. The molecule has 0 saturated heterocycles. The van der Waals surface area contributed by atoms with Crippen LogP contribution in [0.15, 0.2) is 46.6 Å². The number of nitrogens with zero attached hydrogens (tertiary/aromatic N) is 3. The van der Waals surface area contributed by atoms with Crippen LogP contribution in [0, 0.1) is 23.3 Å². The van der Waals surface area contributed by atoms with Crippen molar-refractivity contribution in [2.24, 2.45) is 22.6 Å². The maximum absolute atomic E-state index is 12.8. The molecule has 0 aliphatic rings. The predicted octanol–water partition coefficient (Wildman–Crippen LogP) is 7.98. The fraction of sp³-hybridized carbons (Fsp3) is 0.607. The first-order valence-corrected chi connectivity index (χ1v) is 14.0. The summed E-state index contributed by atoms with van der Waals surface area (Å²) in [5, 5.41) is 11.8. The fourth-order valence-corrected chi connectivity index (χ4v) is 5.02. The van der Waals surface area contributed by atoms with Crippen molar-refractivity contribution in [1.29, 1.82) is 5.26 Å². The molecular weight excluding hydrogens is 495 g/mol. The fourth-order valence-electron chi connectivity index (χ4n) is 3.80. The SMILES string of the molecule is CC(C)=CCCC(C)C/C(C)=C/CCC(C)CCSCC(Nc1ccc(C(F)(F)F)cn1)C(N)=NC#N. The molecule has 5 nitrogen and oxygen atoms in total. The molecule has 206 valence electrons. The molecule has 1 rings (SSSR count). The Bertz CT molecular complexity index is 929. The first kappa shape index (κ1) is 32.6. The molecule has 1 heterocycles. The molecule has 1 aromatic heterocycles. The van der Waals surface area contributed by atoms with E-state index in [0.717, 1.165) is 50.1 Å². The zero-order valence-corrected chi connectivity index (χ0v) is 23.6. The van der Waals surface area contributed by atoms with E-state index in [1.807, 2.05) is 0 Å². The third-order valence-corrected chi connectivity index (χ3v) is 7.12. The van der Waals surface area contributed by atoms with E-state index < -0.39 is 17.8 Å². The van der Waals surface area contributed by atoms with Crippen LogP contribution in [0.4, 0.5) is 19.0 Å². The average molecular weight is 538 g/mol. The Morgan fingerprint density at radius 1 is 1.14 bits per heavy atom. The maximum atomic E-state index is 12.8. The second-order valence-electron chi connectivity index (χ2n) is 10.0. The van der Waals surface area contributed by atoms with Crippen LogP contribution in [0.5, 0.6) is 0 Å². The lowest BCUT2D eigenvalue weighted by Gasteiger charge is -2.19. The van der Waals surface area contributed by atoms with E-state index in [4.69, 9.17) is 11.0 Å². The Balaban J connectivity index is 2.44. The van der Waals surface area contributed by atoms with Gasteiger partial charge in [0, 0.05) is 11.9 Å². The second-order valence-corrected chi connectivity index (χ2v) is 11.2. The van der Waals surface area contributed by atoms with Gasteiger partial charge in [-0.05, 0) is 89.0 Å². The molecule has 0 aliphatic heterocycles. The van der Waals surface area contributed by atoms with Gasteiger partial charge in [0.25, 0.3) is 0 Å². The lowest BCUT2D eigenvalue weighted by Crippen LogP contribution is -2.38. The monoisotopic (exact) mass is 537 g/mol. The Labute approximate surface area is 224 Å². The number of aromatic nitrogens is 1. The lowest BCUT2D eigenvalue weighted by molar-refractivity contribution is -0.137. The molecule has 0 spiro atoms. The van der Waals surface area contributed by atoms with Crippen molar-refractivity contribution in [2.45, 2.75) is 85.4 Å². The summed E-state index contributed by atoms with van der Waals surface area (Å²) in [5.74, 6) is 3.02. The molecule has 0 radical (unpaired) electrons. The zero-order valence-electron chi connectivity index (χ0n) is 22.7. The van der Waals surface area contributed by atoms with Gasteiger partial charge in [-0.2, -0.15) is 35.2 Å². The van der Waals surface area contributed by atoms with Gasteiger partial charge in [0.2, 0.25) is 6.19 Å². The van der Waals surface area contributed by atoms with Crippen LogP contribution in [0.1, 0.15) is 78.7 Å². The number of thioether (sulfide) groups is 1. The summed E-state index contributed by atoms with van der Waals surface area (Å²) in [5.41, 5.74) is 7.94. The van der Waals surface area contributed by atoms with E-state index in [9.17, 15) is 13.2 Å². The number of alkyl halides is 3. The van der Waals surface area contributed by atoms with E-state index >= 15 is 0 Å². The topological polar surface area (TPSA) is 87.1 Å². The molecule has 9 heteroatoms. The van der Waals surface area contributed by atoms with E-state index in [2.05, 4.69) is 62.1 Å². The molecule has 3 N–H and O–H groups in total. The minimum atomic E-state index is -4.45. The first-order valence-electron chi connectivity index (χ1n) is 12.8. The highest BCUT2D eigenvalue weighted by Crippen LogP contribution is 2.29. The van der Waals surface area contributed by atoms with Crippen molar-refractivity contribution in [1.82, 2.24) is 4.98 Å². The van der Waals surface area contributed by atoms with Crippen molar-refractivity contribution >= 4 is 23.4 Å². The van der Waals surface area contributed by atoms with Crippen molar-refractivity contribution in [3.05, 3.63) is 47.2 Å². The minimum Gasteiger partial charge on any atom is -0.385 e. The van der Waals surface area contributed by atoms with Crippen molar-refractivity contribution in [2.75, 3.05) is 16.8 Å². The number of allylic oxidation sites excluding steroid dienone is 4. The summed E-state index contributed by atoms with van der Waals surface area (Å²) in [7, 11) is 0. The molecule has 0 aliphatic carbocycles. The number of amidine groups is 1. The number of halogens is 3. The Morgan fingerprint density at radius 3 is 2.41 bits per heavy atom. The minimum absolute atomic E-state index is 0.0837. The van der Waals surface area contributed by atoms with Gasteiger partial charge >= 0.3 is 6.18 Å². The summed E-state index contributed by atoms with van der Waals surface area (Å²) in [4.78, 5) is 7.43. The summed E-state index contributed by atoms with van der Waals surface area (Å²) in [6.45, 7) is 11.1. The van der Waals surface area contributed by atoms with Crippen LogP contribution in [-0.4, -0.2) is 28.4 Å². The van der Waals surface area contributed by atoms with Gasteiger partial charge in [-0.15, -0.1) is 0 Å². The number of hydrogen-bond donors (Lipinski definition) is 2. The third-order valence-electron chi connectivity index (χ3n) is 6.02. The number of nitriles is 1. The Hall–Kier alpha value is -2.47. The molecule has 1 aromatic rings. The van der Waals surface area contributed by atoms with Crippen LogP contribution in [0.3, 0.4) is 0 Å². The Morgan fingerprint density at radius 2 is 1.81 bits per heavy atom. The van der Waals surface area contributed by atoms with Crippen molar-refractivity contribution < 1.29 is 13.2 Å². The number of rotatable bonds is 16. The van der Waals surface area contributed by atoms with E-state index in [0.29, 0.717) is 17.6 Å². The van der Waals surface area contributed by atoms with Crippen molar-refractivity contribution in [3.63, 3.8) is 0 Å². The van der Waals surface area contributed by atoms with Gasteiger partial charge in [0.1, 0.15) is 11.7 Å².